The van der Waals surface area contributed by atoms with Crippen LogP contribution in [-0.2, 0) is 9.53 Å². The predicted molar refractivity (Wildman–Crippen MR) is 97.0 cm³/mol. The van der Waals surface area contributed by atoms with E-state index in [-0.39, 0.29) is 29.4 Å². The molecule has 0 aliphatic carbocycles. The Labute approximate surface area is 152 Å². The molecule has 1 fully saturated rings. The molecule has 0 bridgehead atoms. The lowest BCUT2D eigenvalue weighted by Crippen LogP contribution is -2.38. The highest BCUT2D eigenvalue weighted by Crippen LogP contribution is 2.16. The maximum Gasteiger partial charge on any atom is 0.339 e. The van der Waals surface area contributed by atoms with Crippen LogP contribution in [0.5, 0.6) is 0 Å². The number of rotatable bonds is 5. The number of carbonyl (C=O) groups excluding carboxylic acids is 3. The molecule has 1 aliphatic heterocycles. The molecule has 3 rings (SSSR count). The van der Waals surface area contributed by atoms with E-state index in [4.69, 9.17) is 4.74 Å². The van der Waals surface area contributed by atoms with Crippen molar-refractivity contribution in [1.82, 2.24) is 4.90 Å². The van der Waals surface area contributed by atoms with Crippen LogP contribution in [0.3, 0.4) is 0 Å². The number of esters is 1. The fourth-order valence-electron chi connectivity index (χ4n) is 3.04. The number of ketones is 1. The van der Waals surface area contributed by atoms with Crippen molar-refractivity contribution in [2.45, 2.75) is 19.3 Å². The molecule has 0 saturated carbocycles. The van der Waals surface area contributed by atoms with Crippen molar-refractivity contribution < 1.29 is 19.1 Å². The van der Waals surface area contributed by atoms with Gasteiger partial charge in [-0.1, -0.05) is 48.5 Å². The van der Waals surface area contributed by atoms with Crippen LogP contribution in [0.1, 0.15) is 45.5 Å². The first kappa shape index (κ1) is 17.9. The second-order valence-electron chi connectivity index (χ2n) is 6.26. The molecule has 0 radical (unpaired) electrons. The summed E-state index contributed by atoms with van der Waals surface area (Å²) in [4.78, 5) is 39.0. The average molecular weight is 351 g/mol. The third kappa shape index (κ3) is 4.17. The molecule has 0 unspecified atom stereocenters. The third-order valence-electron chi connectivity index (χ3n) is 4.46. The molecular weight excluding hydrogens is 330 g/mol. The van der Waals surface area contributed by atoms with E-state index < -0.39 is 5.97 Å². The molecule has 0 spiro atoms. The molecule has 1 saturated heterocycles. The van der Waals surface area contributed by atoms with E-state index >= 15 is 0 Å². The molecule has 2 aromatic carbocycles. The van der Waals surface area contributed by atoms with Gasteiger partial charge >= 0.3 is 5.97 Å². The van der Waals surface area contributed by atoms with Crippen molar-refractivity contribution in [3.63, 3.8) is 0 Å². The maximum atomic E-state index is 12.7. The van der Waals surface area contributed by atoms with Crippen LogP contribution in [0, 0.1) is 0 Å². The van der Waals surface area contributed by atoms with Crippen LogP contribution in [0.4, 0.5) is 0 Å². The molecule has 5 nitrogen and oxygen atoms in total. The number of piperidine rings is 1. The summed E-state index contributed by atoms with van der Waals surface area (Å²) in [7, 11) is 0. The molecule has 0 aromatic heterocycles. The maximum absolute atomic E-state index is 12.7. The molecule has 1 aliphatic rings. The topological polar surface area (TPSA) is 63.7 Å². The quantitative estimate of drug-likeness (QED) is 0.613. The summed E-state index contributed by atoms with van der Waals surface area (Å²) in [6, 6.07) is 15.3. The number of likely N-dealkylation sites (tertiary alicyclic amines) is 1. The Morgan fingerprint density at radius 2 is 1.42 bits per heavy atom. The van der Waals surface area contributed by atoms with E-state index in [9.17, 15) is 14.4 Å². The zero-order valence-corrected chi connectivity index (χ0v) is 14.5. The van der Waals surface area contributed by atoms with Gasteiger partial charge in [-0.2, -0.15) is 0 Å². The SMILES string of the molecule is O=C(OCC(=O)N1CCCCC1)c1ccccc1C(=O)c1ccccc1. The van der Waals surface area contributed by atoms with Gasteiger partial charge < -0.3 is 9.64 Å². The second kappa shape index (κ2) is 8.43. The van der Waals surface area contributed by atoms with Crippen molar-refractivity contribution in [1.29, 1.82) is 0 Å². The number of hydrogen-bond acceptors (Lipinski definition) is 4. The lowest BCUT2D eigenvalue weighted by molar-refractivity contribution is -0.135. The van der Waals surface area contributed by atoms with Crippen molar-refractivity contribution in [3.8, 4) is 0 Å². The van der Waals surface area contributed by atoms with Gasteiger partial charge in [0.05, 0.1) is 5.56 Å². The van der Waals surface area contributed by atoms with Crippen molar-refractivity contribution in [2.75, 3.05) is 19.7 Å². The zero-order valence-electron chi connectivity index (χ0n) is 14.5. The molecule has 1 heterocycles. The number of ether oxygens (including phenoxy) is 1. The molecule has 5 heteroatoms. The monoisotopic (exact) mass is 351 g/mol. The van der Waals surface area contributed by atoms with Gasteiger partial charge in [-0.15, -0.1) is 0 Å². The van der Waals surface area contributed by atoms with Crippen LogP contribution in [0.15, 0.2) is 54.6 Å². The number of carbonyl (C=O) groups is 3. The van der Waals surface area contributed by atoms with Crippen LogP contribution in [0.2, 0.25) is 0 Å². The Balaban J connectivity index is 1.70. The van der Waals surface area contributed by atoms with Crippen LogP contribution < -0.4 is 0 Å². The smallest absolute Gasteiger partial charge is 0.339 e. The molecule has 26 heavy (non-hydrogen) atoms. The van der Waals surface area contributed by atoms with Crippen LogP contribution in [-0.4, -0.2) is 42.3 Å². The summed E-state index contributed by atoms with van der Waals surface area (Å²) in [5.74, 6) is -1.10. The minimum absolute atomic E-state index is 0.174. The minimum Gasteiger partial charge on any atom is -0.452 e. The van der Waals surface area contributed by atoms with Crippen LogP contribution in [0.25, 0.3) is 0 Å². The van der Waals surface area contributed by atoms with Crippen molar-refractivity contribution in [3.05, 3.63) is 71.3 Å². The standard InChI is InChI=1S/C21H21NO4/c23-19(22-13-7-2-8-14-22)15-26-21(25)18-12-6-5-11-17(18)20(24)16-9-3-1-4-10-16/h1,3-6,9-12H,2,7-8,13-15H2. The largest absolute Gasteiger partial charge is 0.452 e. The highest BCUT2D eigenvalue weighted by atomic mass is 16.5. The Morgan fingerprint density at radius 1 is 0.808 bits per heavy atom. The minimum atomic E-state index is -0.657. The normalized spacial score (nSPS) is 13.9. The highest BCUT2D eigenvalue weighted by molar-refractivity contribution is 6.14. The zero-order chi connectivity index (χ0) is 18.4. The molecule has 0 N–H and O–H groups in total. The Bertz CT molecular complexity index is 795. The Kier molecular flexibility index (Phi) is 5.79. The van der Waals surface area contributed by atoms with E-state index in [0.29, 0.717) is 18.7 Å². The fourth-order valence-corrected chi connectivity index (χ4v) is 3.04. The summed E-state index contributed by atoms with van der Waals surface area (Å²) in [6.07, 6.45) is 3.08. The molecule has 1 amide bonds. The number of amides is 1. The van der Waals surface area contributed by atoms with Gasteiger partial charge in [-0.05, 0) is 25.3 Å². The lowest BCUT2D eigenvalue weighted by Gasteiger charge is -2.26. The molecular formula is C21H21NO4. The first-order chi connectivity index (χ1) is 12.7. The summed E-state index contributed by atoms with van der Waals surface area (Å²) < 4.78 is 5.19. The number of nitrogens with zero attached hydrogens (tertiary/aromatic N) is 1. The van der Waals surface area contributed by atoms with Gasteiger partial charge in [-0.25, -0.2) is 4.79 Å². The molecule has 2 aromatic rings. The second-order valence-corrected chi connectivity index (χ2v) is 6.26. The fraction of sp³-hybridized carbons (Fsp3) is 0.286. The summed E-state index contributed by atoms with van der Waals surface area (Å²) in [5.41, 5.74) is 0.944. The lowest BCUT2D eigenvalue weighted by atomic mass is 9.98. The summed E-state index contributed by atoms with van der Waals surface area (Å²) in [5, 5.41) is 0. The first-order valence-corrected chi connectivity index (χ1v) is 8.80. The summed E-state index contributed by atoms with van der Waals surface area (Å²) in [6.45, 7) is 1.12. The summed E-state index contributed by atoms with van der Waals surface area (Å²) >= 11 is 0. The Hall–Kier alpha value is -2.95. The number of hydrogen-bond donors (Lipinski definition) is 0. The van der Waals surface area contributed by atoms with Gasteiger partial charge in [0.2, 0.25) is 0 Å². The average Bonchev–Trinajstić information content (AvgIpc) is 2.72. The predicted octanol–water partition coefficient (Wildman–Crippen LogP) is 3.09. The van der Waals surface area contributed by atoms with E-state index in [1.165, 1.54) is 0 Å². The van der Waals surface area contributed by atoms with E-state index in [1.807, 2.05) is 6.07 Å². The first-order valence-electron chi connectivity index (χ1n) is 8.80. The van der Waals surface area contributed by atoms with Gasteiger partial charge in [0.15, 0.2) is 12.4 Å². The Morgan fingerprint density at radius 3 is 2.12 bits per heavy atom. The molecule has 134 valence electrons. The van der Waals surface area contributed by atoms with Crippen molar-refractivity contribution >= 4 is 17.7 Å². The van der Waals surface area contributed by atoms with Gasteiger partial charge in [-0.3, -0.25) is 9.59 Å². The van der Waals surface area contributed by atoms with Gasteiger partial charge in [0, 0.05) is 24.2 Å². The molecule has 0 atom stereocenters. The van der Waals surface area contributed by atoms with Crippen LogP contribution >= 0.6 is 0 Å². The third-order valence-corrected chi connectivity index (χ3v) is 4.46. The number of benzene rings is 2. The highest BCUT2D eigenvalue weighted by Gasteiger charge is 2.22. The van der Waals surface area contributed by atoms with E-state index in [1.54, 1.807) is 53.4 Å². The van der Waals surface area contributed by atoms with Gasteiger partial charge in [0.25, 0.3) is 5.91 Å². The van der Waals surface area contributed by atoms with E-state index in [0.717, 1.165) is 19.3 Å². The van der Waals surface area contributed by atoms with Gasteiger partial charge in [0.1, 0.15) is 0 Å². The van der Waals surface area contributed by atoms with Crippen molar-refractivity contribution in [2.24, 2.45) is 0 Å². The van der Waals surface area contributed by atoms with E-state index in [2.05, 4.69) is 0 Å².